The lowest BCUT2D eigenvalue weighted by Gasteiger charge is -2.04. The highest BCUT2D eigenvalue weighted by Crippen LogP contribution is 2.13. The van der Waals surface area contributed by atoms with Crippen LogP contribution in [0, 0.1) is 0 Å². The summed E-state index contributed by atoms with van der Waals surface area (Å²) in [6.45, 7) is 0. The SMILES string of the molecule is O=Cc1ccnc(Nc2ccccc2)c1. The molecule has 0 aliphatic rings. The van der Waals surface area contributed by atoms with Gasteiger partial charge in [0.15, 0.2) is 0 Å². The summed E-state index contributed by atoms with van der Waals surface area (Å²) in [6, 6.07) is 13.1. The number of hydrogen-bond donors (Lipinski definition) is 1. The lowest BCUT2D eigenvalue weighted by Crippen LogP contribution is -1.93. The van der Waals surface area contributed by atoms with E-state index in [1.807, 2.05) is 30.3 Å². The molecule has 0 atom stereocenters. The molecule has 0 aliphatic carbocycles. The highest BCUT2D eigenvalue weighted by molar-refractivity contribution is 5.76. The first-order chi connectivity index (χ1) is 7.38. The van der Waals surface area contributed by atoms with Crippen LogP contribution in [0.3, 0.4) is 0 Å². The lowest BCUT2D eigenvalue weighted by atomic mass is 10.3. The second-order valence-electron chi connectivity index (χ2n) is 3.08. The first-order valence-corrected chi connectivity index (χ1v) is 4.62. The van der Waals surface area contributed by atoms with E-state index in [0.29, 0.717) is 11.4 Å². The number of aldehydes is 1. The van der Waals surface area contributed by atoms with E-state index in [1.165, 1.54) is 0 Å². The zero-order valence-electron chi connectivity index (χ0n) is 8.05. The van der Waals surface area contributed by atoms with E-state index in [4.69, 9.17) is 0 Å². The molecule has 15 heavy (non-hydrogen) atoms. The average molecular weight is 198 g/mol. The van der Waals surface area contributed by atoms with Gasteiger partial charge in [0.2, 0.25) is 0 Å². The Kier molecular flexibility index (Phi) is 2.74. The fraction of sp³-hybridized carbons (Fsp3) is 0. The average Bonchev–Trinajstić information content (AvgIpc) is 2.31. The van der Waals surface area contributed by atoms with Crippen molar-refractivity contribution >= 4 is 17.8 Å². The van der Waals surface area contributed by atoms with Crippen molar-refractivity contribution in [3.63, 3.8) is 0 Å². The molecule has 3 nitrogen and oxygen atoms in total. The van der Waals surface area contributed by atoms with Crippen LogP contribution < -0.4 is 5.32 Å². The van der Waals surface area contributed by atoms with E-state index in [2.05, 4.69) is 10.3 Å². The molecular weight excluding hydrogens is 188 g/mol. The van der Waals surface area contributed by atoms with E-state index in [-0.39, 0.29) is 0 Å². The van der Waals surface area contributed by atoms with Crippen molar-refractivity contribution < 1.29 is 4.79 Å². The normalized spacial score (nSPS) is 9.60. The molecule has 2 aromatic rings. The zero-order valence-corrected chi connectivity index (χ0v) is 8.05. The molecule has 1 aromatic heterocycles. The standard InChI is InChI=1S/C12H10N2O/c15-9-10-6-7-13-12(8-10)14-11-4-2-1-3-5-11/h1-9H,(H,13,14). The van der Waals surface area contributed by atoms with Crippen molar-refractivity contribution in [3.05, 3.63) is 54.2 Å². The molecule has 0 fully saturated rings. The van der Waals surface area contributed by atoms with Gasteiger partial charge in [-0.25, -0.2) is 4.98 Å². The number of para-hydroxylation sites is 1. The maximum absolute atomic E-state index is 10.6. The number of pyridine rings is 1. The quantitative estimate of drug-likeness (QED) is 0.771. The molecule has 0 amide bonds. The summed E-state index contributed by atoms with van der Waals surface area (Å²) in [5, 5.41) is 3.11. The molecule has 1 aromatic carbocycles. The summed E-state index contributed by atoms with van der Waals surface area (Å²) in [5.74, 6) is 0.672. The molecule has 0 saturated carbocycles. The maximum atomic E-state index is 10.6. The summed E-state index contributed by atoms with van der Waals surface area (Å²) in [7, 11) is 0. The van der Waals surface area contributed by atoms with Gasteiger partial charge >= 0.3 is 0 Å². The summed E-state index contributed by atoms with van der Waals surface area (Å²) in [5.41, 5.74) is 1.57. The second kappa shape index (κ2) is 4.37. The second-order valence-corrected chi connectivity index (χ2v) is 3.08. The fourth-order valence-corrected chi connectivity index (χ4v) is 1.26. The monoisotopic (exact) mass is 198 g/mol. The topological polar surface area (TPSA) is 42.0 Å². The highest BCUT2D eigenvalue weighted by Gasteiger charge is 1.96. The molecule has 0 saturated heterocycles. The Morgan fingerprint density at radius 2 is 1.93 bits per heavy atom. The molecule has 0 spiro atoms. The van der Waals surface area contributed by atoms with Crippen molar-refractivity contribution in [1.29, 1.82) is 0 Å². The number of carbonyl (C=O) groups is 1. The lowest BCUT2D eigenvalue weighted by molar-refractivity contribution is 0.112. The van der Waals surface area contributed by atoms with Crippen LogP contribution in [0.25, 0.3) is 0 Å². The van der Waals surface area contributed by atoms with Crippen molar-refractivity contribution in [2.75, 3.05) is 5.32 Å². The van der Waals surface area contributed by atoms with Crippen molar-refractivity contribution in [2.24, 2.45) is 0 Å². The first kappa shape index (κ1) is 9.40. The third-order valence-corrected chi connectivity index (χ3v) is 1.97. The molecule has 0 unspecified atom stereocenters. The predicted molar refractivity (Wildman–Crippen MR) is 59.3 cm³/mol. The number of nitrogens with one attached hydrogen (secondary N) is 1. The van der Waals surface area contributed by atoms with Crippen molar-refractivity contribution in [3.8, 4) is 0 Å². The Hall–Kier alpha value is -2.16. The van der Waals surface area contributed by atoms with E-state index in [0.717, 1.165) is 12.0 Å². The van der Waals surface area contributed by atoms with E-state index in [1.54, 1.807) is 18.3 Å². The minimum atomic E-state index is 0.614. The molecule has 1 heterocycles. The molecule has 0 aliphatic heterocycles. The largest absolute Gasteiger partial charge is 0.340 e. The minimum absolute atomic E-state index is 0.614. The third-order valence-electron chi connectivity index (χ3n) is 1.97. The Labute approximate surface area is 87.8 Å². The van der Waals surface area contributed by atoms with E-state index < -0.39 is 0 Å². The van der Waals surface area contributed by atoms with Crippen LogP contribution in [0.5, 0.6) is 0 Å². The summed E-state index contributed by atoms with van der Waals surface area (Å²) < 4.78 is 0. The van der Waals surface area contributed by atoms with Gasteiger partial charge in [-0.15, -0.1) is 0 Å². The number of anilines is 2. The minimum Gasteiger partial charge on any atom is -0.340 e. The number of benzene rings is 1. The van der Waals surface area contributed by atoms with Crippen LogP contribution in [0.1, 0.15) is 10.4 Å². The number of aromatic nitrogens is 1. The van der Waals surface area contributed by atoms with Gasteiger partial charge in [0.1, 0.15) is 12.1 Å². The Balaban J connectivity index is 2.21. The first-order valence-electron chi connectivity index (χ1n) is 4.62. The van der Waals surface area contributed by atoms with Gasteiger partial charge in [-0.05, 0) is 24.3 Å². The number of rotatable bonds is 3. The van der Waals surface area contributed by atoms with Crippen LogP contribution >= 0.6 is 0 Å². The molecule has 3 heteroatoms. The fourth-order valence-electron chi connectivity index (χ4n) is 1.26. The predicted octanol–water partition coefficient (Wildman–Crippen LogP) is 2.64. The molecule has 0 radical (unpaired) electrons. The van der Waals surface area contributed by atoms with Gasteiger partial charge in [0, 0.05) is 17.4 Å². The van der Waals surface area contributed by atoms with Crippen LogP contribution in [-0.4, -0.2) is 11.3 Å². The molecule has 1 N–H and O–H groups in total. The summed E-state index contributed by atoms with van der Waals surface area (Å²) in [4.78, 5) is 14.7. The third kappa shape index (κ3) is 2.40. The Bertz CT molecular complexity index is 454. The number of nitrogens with zero attached hydrogens (tertiary/aromatic N) is 1. The van der Waals surface area contributed by atoms with Crippen LogP contribution in [-0.2, 0) is 0 Å². The van der Waals surface area contributed by atoms with Crippen molar-refractivity contribution in [2.45, 2.75) is 0 Å². The highest BCUT2D eigenvalue weighted by atomic mass is 16.1. The Morgan fingerprint density at radius 3 is 2.67 bits per heavy atom. The van der Waals surface area contributed by atoms with Crippen LogP contribution in [0.4, 0.5) is 11.5 Å². The smallest absolute Gasteiger partial charge is 0.150 e. The molecule has 2 rings (SSSR count). The van der Waals surface area contributed by atoms with Gasteiger partial charge in [-0.1, -0.05) is 18.2 Å². The van der Waals surface area contributed by atoms with Crippen LogP contribution in [0.2, 0.25) is 0 Å². The maximum Gasteiger partial charge on any atom is 0.150 e. The Morgan fingerprint density at radius 1 is 1.13 bits per heavy atom. The summed E-state index contributed by atoms with van der Waals surface area (Å²) in [6.07, 6.45) is 2.41. The molecular formula is C12H10N2O. The molecule has 74 valence electrons. The van der Waals surface area contributed by atoms with Gasteiger partial charge in [-0.3, -0.25) is 4.79 Å². The van der Waals surface area contributed by atoms with Gasteiger partial charge in [0.25, 0.3) is 0 Å². The van der Waals surface area contributed by atoms with Gasteiger partial charge in [0.05, 0.1) is 0 Å². The molecule has 0 bridgehead atoms. The summed E-state index contributed by atoms with van der Waals surface area (Å²) >= 11 is 0. The van der Waals surface area contributed by atoms with Crippen molar-refractivity contribution in [1.82, 2.24) is 4.98 Å². The zero-order chi connectivity index (χ0) is 10.5. The van der Waals surface area contributed by atoms with Gasteiger partial charge in [-0.2, -0.15) is 0 Å². The van der Waals surface area contributed by atoms with E-state index >= 15 is 0 Å². The number of hydrogen-bond acceptors (Lipinski definition) is 3. The van der Waals surface area contributed by atoms with Crippen LogP contribution in [0.15, 0.2) is 48.7 Å². The van der Waals surface area contributed by atoms with E-state index in [9.17, 15) is 4.79 Å². The number of carbonyl (C=O) groups excluding carboxylic acids is 1. The van der Waals surface area contributed by atoms with Gasteiger partial charge < -0.3 is 5.32 Å².